The van der Waals surface area contributed by atoms with Crippen LogP contribution in [-0.4, -0.2) is 178 Å². The number of esters is 1. The smallest absolute Gasteiger partial charge is 0.315 e. The Morgan fingerprint density at radius 2 is 1.61 bits per heavy atom. The molecule has 61 heavy (non-hydrogen) atoms. The van der Waals surface area contributed by atoms with Crippen molar-refractivity contribution in [3.8, 4) is 0 Å². The van der Waals surface area contributed by atoms with E-state index in [9.17, 15) is 35.1 Å². The van der Waals surface area contributed by atoms with Gasteiger partial charge in [0.2, 0.25) is 0 Å². The summed E-state index contributed by atoms with van der Waals surface area (Å²) in [6.45, 7) is 24.8. The molecule has 0 bridgehead atoms. The van der Waals surface area contributed by atoms with Gasteiger partial charge in [-0.3, -0.25) is 9.69 Å². The van der Waals surface area contributed by atoms with E-state index in [2.05, 4.69) is 10.6 Å². The van der Waals surface area contributed by atoms with Crippen LogP contribution in [0.3, 0.4) is 0 Å². The van der Waals surface area contributed by atoms with Crippen LogP contribution in [0.2, 0.25) is 0 Å². The summed E-state index contributed by atoms with van der Waals surface area (Å²) in [6.07, 6.45) is -6.66. The summed E-state index contributed by atoms with van der Waals surface area (Å²) in [7, 11) is 5.31. The molecule has 16 nitrogen and oxygen atoms in total. The minimum absolute atomic E-state index is 0.193. The highest BCUT2D eigenvalue weighted by molar-refractivity contribution is 5.74. The van der Waals surface area contributed by atoms with Gasteiger partial charge in [-0.15, -0.1) is 0 Å². The molecule has 3 saturated heterocycles. The Labute approximate surface area is 366 Å². The van der Waals surface area contributed by atoms with E-state index in [4.69, 9.17) is 23.7 Å². The molecule has 0 aromatic heterocycles. The Morgan fingerprint density at radius 3 is 2.16 bits per heavy atom. The lowest BCUT2D eigenvalue weighted by molar-refractivity contribution is -0.302. The highest BCUT2D eigenvalue weighted by atomic mass is 16.7. The Morgan fingerprint density at radius 1 is 0.984 bits per heavy atom. The molecule has 7 N–H and O–H groups in total. The summed E-state index contributed by atoms with van der Waals surface area (Å²) in [5.74, 6) is -3.17. The molecule has 358 valence electrons. The largest absolute Gasteiger partial charge is 0.459 e. The number of methoxy groups -OCH3 is 1. The number of hydrogen-bond donors (Lipinski definition) is 7. The van der Waals surface area contributed by atoms with E-state index >= 15 is 0 Å². The lowest BCUT2D eigenvalue weighted by atomic mass is 9.68. The van der Waals surface area contributed by atoms with E-state index in [0.29, 0.717) is 32.5 Å². The van der Waals surface area contributed by atoms with Crippen LogP contribution in [0.1, 0.15) is 122 Å². The number of aliphatic hydroxyl groups is 5. The van der Waals surface area contributed by atoms with Crippen LogP contribution in [0.4, 0.5) is 4.79 Å². The lowest BCUT2D eigenvalue weighted by Gasteiger charge is -2.51. The molecule has 18 atom stereocenters. The second-order valence-corrected chi connectivity index (χ2v) is 20.8. The van der Waals surface area contributed by atoms with Crippen LogP contribution in [0.5, 0.6) is 0 Å². The Kier molecular flexibility index (Phi) is 18.9. The number of rotatable bonds is 10. The summed E-state index contributed by atoms with van der Waals surface area (Å²) in [5, 5.41) is 65.8. The highest BCUT2D eigenvalue weighted by Gasteiger charge is 2.55. The SMILES string of the molecule is CC[C@H]1OC(=O)[C@H](C)C([C@H]2C[C@@](C)(OC)[C@@H](O)[C@H](C)O2)[C@H](C)[C@@H](O[C@@H]2O[C@H](C)C[C@H](N(C)C)[C@H]2O)[C@](C)(O)C[C@@H](C)CN(CCCNC(=O)NC(C)(C)C)[C@H](C)[C@@H](O)[C@]1(C)O. The van der Waals surface area contributed by atoms with Gasteiger partial charge in [0.25, 0.3) is 0 Å². The number of hydrogen-bond acceptors (Lipinski definition) is 14. The number of cyclic esters (lactones) is 1. The topological polar surface area (TPSA) is 212 Å². The molecular weight excluding hydrogens is 789 g/mol. The minimum Gasteiger partial charge on any atom is -0.459 e. The highest BCUT2D eigenvalue weighted by Crippen LogP contribution is 2.45. The van der Waals surface area contributed by atoms with Gasteiger partial charge in [-0.25, -0.2) is 4.79 Å². The molecule has 0 saturated carbocycles. The third kappa shape index (κ3) is 13.4. The molecule has 3 aliphatic heterocycles. The normalized spacial score (nSPS) is 44.2. The molecule has 3 aliphatic rings. The third-order valence-electron chi connectivity index (χ3n) is 13.8. The average Bonchev–Trinajstić information content (AvgIpc) is 3.14. The molecule has 3 fully saturated rings. The van der Waals surface area contributed by atoms with Gasteiger partial charge in [0, 0.05) is 56.7 Å². The molecular formula is C45H86N4O12. The van der Waals surface area contributed by atoms with Crippen molar-refractivity contribution in [2.45, 2.75) is 212 Å². The summed E-state index contributed by atoms with van der Waals surface area (Å²) in [5.41, 5.74) is -4.93. The first-order valence-corrected chi connectivity index (χ1v) is 22.7. The van der Waals surface area contributed by atoms with Crippen LogP contribution in [-0.2, 0) is 28.5 Å². The molecule has 3 rings (SSSR count). The molecule has 0 spiro atoms. The first-order valence-electron chi connectivity index (χ1n) is 22.7. The monoisotopic (exact) mass is 875 g/mol. The average molecular weight is 875 g/mol. The van der Waals surface area contributed by atoms with E-state index in [1.54, 1.807) is 34.6 Å². The predicted molar refractivity (Wildman–Crippen MR) is 233 cm³/mol. The number of urea groups is 1. The van der Waals surface area contributed by atoms with Crippen molar-refractivity contribution < 1.29 is 58.8 Å². The van der Waals surface area contributed by atoms with Crippen molar-refractivity contribution in [3.63, 3.8) is 0 Å². The van der Waals surface area contributed by atoms with Crippen LogP contribution in [0, 0.1) is 23.7 Å². The van der Waals surface area contributed by atoms with Crippen LogP contribution >= 0.6 is 0 Å². The third-order valence-corrected chi connectivity index (χ3v) is 13.8. The van der Waals surface area contributed by atoms with Gasteiger partial charge in [-0.05, 0) is 114 Å². The fraction of sp³-hybridized carbons (Fsp3) is 0.956. The number of aliphatic hydroxyl groups excluding tert-OH is 3. The molecule has 2 amide bonds. The van der Waals surface area contributed by atoms with E-state index in [-0.39, 0.29) is 43.4 Å². The van der Waals surface area contributed by atoms with Crippen molar-refractivity contribution in [2.75, 3.05) is 40.8 Å². The van der Waals surface area contributed by atoms with Crippen molar-refractivity contribution in [2.24, 2.45) is 23.7 Å². The summed E-state index contributed by atoms with van der Waals surface area (Å²) in [4.78, 5) is 31.1. The zero-order chi connectivity index (χ0) is 46.6. The zero-order valence-electron chi connectivity index (χ0n) is 40.3. The van der Waals surface area contributed by atoms with Gasteiger partial charge in [-0.1, -0.05) is 27.7 Å². The summed E-state index contributed by atoms with van der Waals surface area (Å²) < 4.78 is 31.9. The van der Waals surface area contributed by atoms with Gasteiger partial charge >= 0.3 is 12.0 Å². The first kappa shape index (κ1) is 53.6. The maximum atomic E-state index is 14.6. The molecule has 16 heteroatoms. The van der Waals surface area contributed by atoms with Crippen LogP contribution < -0.4 is 10.6 Å². The number of carbonyl (C=O) groups excluding carboxylic acids is 2. The molecule has 1 unspecified atom stereocenters. The van der Waals surface area contributed by atoms with Gasteiger partial charge in [0.05, 0.1) is 41.5 Å². The maximum absolute atomic E-state index is 14.6. The summed E-state index contributed by atoms with van der Waals surface area (Å²) >= 11 is 0. The van der Waals surface area contributed by atoms with E-state index in [1.165, 1.54) is 14.0 Å². The second-order valence-electron chi connectivity index (χ2n) is 20.8. The van der Waals surface area contributed by atoms with Crippen molar-refractivity contribution >= 4 is 12.0 Å². The Hall–Kier alpha value is -1.70. The fourth-order valence-electron chi connectivity index (χ4n) is 10.3. The number of carbonyl (C=O) groups is 2. The lowest BCUT2D eigenvalue weighted by Crippen LogP contribution is -2.61. The van der Waals surface area contributed by atoms with Gasteiger partial charge in [-0.2, -0.15) is 0 Å². The fourth-order valence-corrected chi connectivity index (χ4v) is 10.3. The number of ether oxygens (including phenoxy) is 5. The molecule has 0 aliphatic carbocycles. The van der Waals surface area contributed by atoms with Gasteiger partial charge in [0.1, 0.15) is 30.0 Å². The molecule has 0 aromatic carbocycles. The number of nitrogens with zero attached hydrogens (tertiary/aromatic N) is 2. The van der Waals surface area contributed by atoms with Crippen LogP contribution in [0.25, 0.3) is 0 Å². The van der Waals surface area contributed by atoms with Gasteiger partial charge < -0.3 is 64.8 Å². The zero-order valence-corrected chi connectivity index (χ0v) is 40.3. The number of nitrogens with one attached hydrogen (secondary N) is 2. The Balaban J connectivity index is 2.18. The maximum Gasteiger partial charge on any atom is 0.315 e. The second kappa shape index (κ2) is 21.5. The first-order chi connectivity index (χ1) is 28.0. The Bertz CT molecular complexity index is 1400. The predicted octanol–water partition coefficient (Wildman–Crippen LogP) is 3.03. The van der Waals surface area contributed by atoms with Crippen molar-refractivity contribution in [1.82, 2.24) is 20.4 Å². The molecule has 0 aromatic rings. The molecule has 0 radical (unpaired) electrons. The van der Waals surface area contributed by atoms with Gasteiger partial charge in [0.15, 0.2) is 6.29 Å². The summed E-state index contributed by atoms with van der Waals surface area (Å²) in [6, 6.07) is -1.23. The number of likely N-dealkylation sites (N-methyl/N-ethyl adjacent to an activating group) is 1. The van der Waals surface area contributed by atoms with Crippen molar-refractivity contribution in [3.05, 3.63) is 0 Å². The number of amides is 2. The minimum atomic E-state index is -1.88. The van der Waals surface area contributed by atoms with Crippen LogP contribution in [0.15, 0.2) is 0 Å². The molecule has 3 heterocycles. The standard InChI is InChI=1S/C45H86N4O12/c1-17-33-45(13,56)36(51)29(6)49(20-18-19-46-41(54)47-42(8,9)10)24-25(2)22-43(11,55)38(61-40-35(50)31(48(14)15)21-26(3)58-40)27(4)34(28(5)39(53)60-33)32-23-44(12,57-16)37(52)30(7)59-32/h25-38,40,50-52,55-56H,17-24H2,1-16H3,(H2,46,47,54)/t25-,26-,27+,28-,29-,30+,31+,32-,33-,34?,35-,36-,37+,38-,40+,43-,44-,45-/m1/s1. The quantitative estimate of drug-likeness (QED) is 0.124. The van der Waals surface area contributed by atoms with Crippen molar-refractivity contribution in [1.29, 1.82) is 0 Å². The van der Waals surface area contributed by atoms with E-state index in [0.717, 1.165) is 0 Å². The van der Waals surface area contributed by atoms with E-state index in [1.807, 2.05) is 72.4 Å². The van der Waals surface area contributed by atoms with E-state index < -0.39 is 101 Å².